The molecule has 0 saturated carbocycles. The molecule has 1 saturated heterocycles. The van der Waals surface area contributed by atoms with E-state index in [2.05, 4.69) is 9.47 Å². The normalized spacial score (nSPS) is 16.9. The molecule has 0 aromatic heterocycles. The Morgan fingerprint density at radius 3 is 2.05 bits per heavy atom. The summed E-state index contributed by atoms with van der Waals surface area (Å²) in [6, 6.07) is 10.9. The van der Waals surface area contributed by atoms with Gasteiger partial charge >= 0.3 is 18.3 Å². The van der Waals surface area contributed by atoms with Crippen molar-refractivity contribution >= 4 is 12.0 Å². The zero-order chi connectivity index (χ0) is 32.1. The van der Waals surface area contributed by atoms with E-state index in [0.717, 1.165) is 42.7 Å². The van der Waals surface area contributed by atoms with Gasteiger partial charge in [0.05, 0.1) is 0 Å². The average molecular weight is 617 g/mol. The molecule has 0 spiro atoms. The average Bonchev–Trinajstić information content (AvgIpc) is 2.93. The zero-order valence-electron chi connectivity index (χ0n) is 25.0. The van der Waals surface area contributed by atoms with Crippen LogP contribution in [0.1, 0.15) is 73.8 Å². The van der Waals surface area contributed by atoms with Crippen LogP contribution in [0.25, 0.3) is 6.08 Å². The minimum Gasteiger partial charge on any atom is -0.489 e. The predicted octanol–water partition coefficient (Wildman–Crippen LogP) is 8.38. The molecule has 0 bridgehead atoms. The number of alkyl halides is 6. The maximum absolute atomic E-state index is 13.7. The van der Waals surface area contributed by atoms with Crippen molar-refractivity contribution in [3.63, 3.8) is 0 Å². The number of hydrogen-bond acceptors (Lipinski definition) is 5. The summed E-state index contributed by atoms with van der Waals surface area (Å²) in [5.74, 6) is 0.440. The van der Waals surface area contributed by atoms with Crippen molar-refractivity contribution in [2.45, 2.75) is 89.3 Å². The second-order valence-corrected chi connectivity index (χ2v) is 10.8. The molecule has 43 heavy (non-hydrogen) atoms. The molecular weight excluding hydrogens is 578 g/mol. The van der Waals surface area contributed by atoms with Gasteiger partial charge in [-0.3, -0.25) is 4.79 Å². The van der Waals surface area contributed by atoms with E-state index in [4.69, 9.17) is 9.47 Å². The summed E-state index contributed by atoms with van der Waals surface area (Å²) in [4.78, 5) is 11.6. The molecule has 238 valence electrons. The lowest BCUT2D eigenvalue weighted by Gasteiger charge is -2.35. The van der Waals surface area contributed by atoms with E-state index in [1.807, 2.05) is 39.0 Å². The van der Waals surface area contributed by atoms with Crippen LogP contribution in [0.5, 0.6) is 5.75 Å². The standard InChI is InChI=1S/C32H38F6O5/c1-6-29(7-2,25-13-14-27(22(4)18-25)41-19-26-9-8-10-28(39)43-26)24-12-11-23(21(3)17-24)15-16-30(31(33,34)35,32(36,37)38)42-20-40-5/h11-18,26H,6-10,19-20H2,1-5H3/t26-/m1/s1. The van der Waals surface area contributed by atoms with Crippen LogP contribution in [0.2, 0.25) is 0 Å². The van der Waals surface area contributed by atoms with E-state index in [1.165, 1.54) is 6.07 Å². The summed E-state index contributed by atoms with van der Waals surface area (Å²) in [5, 5.41) is 0. The van der Waals surface area contributed by atoms with E-state index < -0.39 is 30.2 Å². The summed E-state index contributed by atoms with van der Waals surface area (Å²) in [7, 11) is 0.940. The van der Waals surface area contributed by atoms with Crippen molar-refractivity contribution in [2.75, 3.05) is 20.5 Å². The molecule has 1 fully saturated rings. The maximum atomic E-state index is 13.7. The molecule has 0 radical (unpaired) electrons. The number of ether oxygens (including phenoxy) is 4. The second kappa shape index (κ2) is 13.7. The molecule has 0 N–H and O–H groups in total. The molecule has 2 aromatic carbocycles. The Morgan fingerprint density at radius 1 is 0.930 bits per heavy atom. The van der Waals surface area contributed by atoms with Gasteiger partial charge in [0.15, 0.2) is 0 Å². The summed E-state index contributed by atoms with van der Waals surface area (Å²) < 4.78 is 102. The first kappa shape index (κ1) is 34.4. The molecule has 2 aromatic rings. The zero-order valence-corrected chi connectivity index (χ0v) is 25.0. The van der Waals surface area contributed by atoms with Crippen molar-refractivity contribution in [1.29, 1.82) is 0 Å². The molecule has 1 atom stereocenters. The fourth-order valence-corrected chi connectivity index (χ4v) is 5.50. The molecule has 1 aliphatic heterocycles. The van der Waals surface area contributed by atoms with Crippen LogP contribution in [0.15, 0.2) is 42.5 Å². The van der Waals surface area contributed by atoms with Gasteiger partial charge in [-0.1, -0.05) is 50.3 Å². The number of rotatable bonds is 12. The lowest BCUT2D eigenvalue weighted by Crippen LogP contribution is -2.57. The number of carbonyl (C=O) groups excluding carboxylic acids is 1. The lowest BCUT2D eigenvalue weighted by atomic mass is 9.70. The highest BCUT2D eigenvalue weighted by Crippen LogP contribution is 2.47. The molecule has 5 nitrogen and oxygen atoms in total. The Balaban J connectivity index is 1.92. The third kappa shape index (κ3) is 7.37. The van der Waals surface area contributed by atoms with Crippen LogP contribution in [-0.2, 0) is 24.4 Å². The van der Waals surface area contributed by atoms with Gasteiger partial charge in [0, 0.05) is 18.9 Å². The topological polar surface area (TPSA) is 54.0 Å². The SMILES string of the molecule is CCC(CC)(c1ccc(C=CC(OCOC)(C(F)(F)F)C(F)(F)F)c(C)c1)c1ccc(OC[C@H]2CCCC(=O)O2)c(C)c1. The molecule has 3 rings (SSSR count). The molecule has 1 aliphatic rings. The van der Waals surface area contributed by atoms with Crippen LogP contribution in [0.3, 0.4) is 0 Å². The maximum Gasteiger partial charge on any atom is 0.430 e. The van der Waals surface area contributed by atoms with Crippen molar-refractivity contribution in [2.24, 2.45) is 0 Å². The number of cyclic esters (lactones) is 1. The fourth-order valence-electron chi connectivity index (χ4n) is 5.50. The molecule has 0 unspecified atom stereocenters. The minimum absolute atomic E-state index is 0.00271. The number of methoxy groups -OCH3 is 1. The monoisotopic (exact) mass is 616 g/mol. The lowest BCUT2D eigenvalue weighted by molar-refractivity contribution is -0.372. The van der Waals surface area contributed by atoms with E-state index in [0.29, 0.717) is 30.6 Å². The van der Waals surface area contributed by atoms with Crippen molar-refractivity contribution in [1.82, 2.24) is 0 Å². The highest BCUT2D eigenvalue weighted by Gasteiger charge is 2.71. The molecule has 1 heterocycles. The van der Waals surface area contributed by atoms with Crippen molar-refractivity contribution < 1.29 is 50.1 Å². The Morgan fingerprint density at radius 2 is 1.53 bits per heavy atom. The molecule has 0 aliphatic carbocycles. The highest BCUT2D eigenvalue weighted by molar-refractivity contribution is 5.70. The summed E-state index contributed by atoms with van der Waals surface area (Å²) in [5.41, 5.74) is -1.56. The molecule has 0 amide bonds. The van der Waals surface area contributed by atoms with Crippen LogP contribution in [-0.4, -0.2) is 50.5 Å². The Hall–Kier alpha value is -3.05. The van der Waals surface area contributed by atoms with Crippen molar-refractivity contribution in [3.05, 3.63) is 70.3 Å². The van der Waals surface area contributed by atoms with E-state index in [-0.39, 0.29) is 30.3 Å². The fraction of sp³-hybridized carbons (Fsp3) is 0.531. The van der Waals surface area contributed by atoms with Crippen LogP contribution in [0, 0.1) is 13.8 Å². The van der Waals surface area contributed by atoms with Gasteiger partial charge in [-0.2, -0.15) is 26.3 Å². The predicted molar refractivity (Wildman–Crippen MR) is 150 cm³/mol. The minimum atomic E-state index is -5.78. The Bertz CT molecular complexity index is 1270. The largest absolute Gasteiger partial charge is 0.489 e. The van der Waals surface area contributed by atoms with Gasteiger partial charge in [-0.05, 0) is 79.5 Å². The molecular formula is C32H38F6O5. The first-order valence-electron chi connectivity index (χ1n) is 14.1. The number of halogens is 6. The van der Waals surface area contributed by atoms with Gasteiger partial charge in [0.25, 0.3) is 5.60 Å². The molecule has 11 heteroatoms. The van der Waals surface area contributed by atoms with E-state index in [9.17, 15) is 31.1 Å². The van der Waals surface area contributed by atoms with Gasteiger partial charge in [0.1, 0.15) is 25.3 Å². The first-order chi connectivity index (χ1) is 20.1. The van der Waals surface area contributed by atoms with Crippen LogP contribution < -0.4 is 4.74 Å². The second-order valence-electron chi connectivity index (χ2n) is 10.8. The number of hydrogen-bond donors (Lipinski definition) is 0. The highest BCUT2D eigenvalue weighted by atomic mass is 19.4. The van der Waals surface area contributed by atoms with Gasteiger partial charge < -0.3 is 18.9 Å². The van der Waals surface area contributed by atoms with Crippen LogP contribution >= 0.6 is 0 Å². The summed E-state index contributed by atoms with van der Waals surface area (Å²) in [6.07, 6.45) is -7.75. The summed E-state index contributed by atoms with van der Waals surface area (Å²) >= 11 is 0. The number of esters is 1. The number of benzene rings is 2. The van der Waals surface area contributed by atoms with Gasteiger partial charge in [0.2, 0.25) is 0 Å². The van der Waals surface area contributed by atoms with E-state index in [1.54, 1.807) is 19.1 Å². The number of aryl methyl sites for hydroxylation is 2. The Kier molecular flexibility index (Phi) is 11.0. The van der Waals surface area contributed by atoms with Crippen LogP contribution in [0.4, 0.5) is 26.3 Å². The quantitative estimate of drug-likeness (QED) is 0.136. The van der Waals surface area contributed by atoms with E-state index >= 15 is 0 Å². The number of carbonyl (C=O) groups is 1. The van der Waals surface area contributed by atoms with Gasteiger partial charge in [-0.15, -0.1) is 0 Å². The van der Waals surface area contributed by atoms with Crippen molar-refractivity contribution in [3.8, 4) is 5.75 Å². The third-order valence-electron chi connectivity index (χ3n) is 8.13. The third-order valence-corrected chi connectivity index (χ3v) is 8.13. The Labute approximate surface area is 248 Å². The summed E-state index contributed by atoms with van der Waals surface area (Å²) in [6.45, 7) is 6.66. The first-order valence-corrected chi connectivity index (χ1v) is 14.1. The smallest absolute Gasteiger partial charge is 0.430 e. The van der Waals surface area contributed by atoms with Gasteiger partial charge in [-0.25, -0.2) is 0 Å².